The SMILES string of the molecule is O=S(=O)(Cc1noc2ccccc12)NCc1ccnc(-c2ccco2)c1. The van der Waals surface area contributed by atoms with Crippen molar-refractivity contribution in [2.45, 2.75) is 12.3 Å². The molecule has 3 heterocycles. The van der Waals surface area contributed by atoms with Crippen LogP contribution in [0, 0.1) is 0 Å². The number of furan rings is 1. The Labute approximate surface area is 149 Å². The Morgan fingerprint density at radius 2 is 1.96 bits per heavy atom. The summed E-state index contributed by atoms with van der Waals surface area (Å²) < 4.78 is 37.9. The van der Waals surface area contributed by atoms with E-state index < -0.39 is 10.0 Å². The molecule has 0 radical (unpaired) electrons. The first-order valence-corrected chi connectivity index (χ1v) is 9.55. The number of rotatable bonds is 6. The standard InChI is InChI=1S/C18H15N3O4S/c22-26(23,12-16-14-4-1-2-5-17(14)25-21-16)20-11-13-7-8-19-15(10-13)18-6-3-9-24-18/h1-10,20H,11-12H2. The molecule has 3 aromatic heterocycles. The van der Waals surface area contributed by atoms with Gasteiger partial charge in [-0.1, -0.05) is 17.3 Å². The van der Waals surface area contributed by atoms with Crippen molar-refractivity contribution in [1.82, 2.24) is 14.9 Å². The number of nitrogens with one attached hydrogen (secondary N) is 1. The maximum absolute atomic E-state index is 12.4. The van der Waals surface area contributed by atoms with Crippen molar-refractivity contribution < 1.29 is 17.4 Å². The molecule has 8 heteroatoms. The molecule has 0 bridgehead atoms. The van der Waals surface area contributed by atoms with E-state index in [0.29, 0.717) is 28.1 Å². The Morgan fingerprint density at radius 3 is 2.81 bits per heavy atom. The fourth-order valence-corrected chi connectivity index (χ4v) is 3.67. The van der Waals surface area contributed by atoms with Gasteiger partial charge in [0.05, 0.1) is 6.26 Å². The highest BCUT2D eigenvalue weighted by molar-refractivity contribution is 7.88. The van der Waals surface area contributed by atoms with Crippen LogP contribution in [0.5, 0.6) is 0 Å². The van der Waals surface area contributed by atoms with E-state index >= 15 is 0 Å². The second-order valence-corrected chi connectivity index (χ2v) is 7.54. The van der Waals surface area contributed by atoms with Gasteiger partial charge in [0, 0.05) is 18.1 Å². The van der Waals surface area contributed by atoms with Crippen LogP contribution in [-0.2, 0) is 22.3 Å². The van der Waals surface area contributed by atoms with E-state index in [1.807, 2.05) is 12.1 Å². The highest BCUT2D eigenvalue weighted by Crippen LogP contribution is 2.20. The molecule has 0 aliphatic carbocycles. The Balaban J connectivity index is 1.48. The van der Waals surface area contributed by atoms with Crippen molar-refractivity contribution in [1.29, 1.82) is 0 Å². The fraction of sp³-hybridized carbons (Fsp3) is 0.111. The molecule has 1 N–H and O–H groups in total. The fourth-order valence-electron chi connectivity index (χ4n) is 2.61. The van der Waals surface area contributed by atoms with E-state index in [9.17, 15) is 8.42 Å². The summed E-state index contributed by atoms with van der Waals surface area (Å²) in [5.74, 6) is 0.379. The minimum Gasteiger partial charge on any atom is -0.463 e. The predicted molar refractivity (Wildman–Crippen MR) is 95.4 cm³/mol. The van der Waals surface area contributed by atoms with Crippen LogP contribution >= 0.6 is 0 Å². The Morgan fingerprint density at radius 1 is 1.08 bits per heavy atom. The molecule has 0 unspecified atom stereocenters. The summed E-state index contributed by atoms with van der Waals surface area (Å²) in [6.07, 6.45) is 3.18. The maximum atomic E-state index is 12.4. The van der Waals surface area contributed by atoms with Crippen LogP contribution in [0.25, 0.3) is 22.4 Å². The van der Waals surface area contributed by atoms with Gasteiger partial charge in [-0.05, 0) is 42.0 Å². The van der Waals surface area contributed by atoms with E-state index in [1.165, 1.54) is 0 Å². The number of hydrogen-bond donors (Lipinski definition) is 1. The van der Waals surface area contributed by atoms with Crippen LogP contribution in [0.4, 0.5) is 0 Å². The summed E-state index contributed by atoms with van der Waals surface area (Å²) in [4.78, 5) is 4.23. The Kier molecular flexibility index (Phi) is 4.27. The third kappa shape index (κ3) is 3.51. The molecule has 0 fully saturated rings. The van der Waals surface area contributed by atoms with Gasteiger partial charge in [-0.3, -0.25) is 4.98 Å². The highest BCUT2D eigenvalue weighted by atomic mass is 32.2. The lowest BCUT2D eigenvalue weighted by atomic mass is 10.2. The van der Waals surface area contributed by atoms with Crippen LogP contribution in [0.15, 0.2) is 69.9 Å². The predicted octanol–water partition coefficient (Wildman–Crippen LogP) is 3.10. The minimum atomic E-state index is -3.58. The van der Waals surface area contributed by atoms with Crippen LogP contribution in [0.2, 0.25) is 0 Å². The molecule has 0 atom stereocenters. The number of fused-ring (bicyclic) bond motifs is 1. The third-order valence-corrected chi connectivity index (χ3v) is 5.11. The highest BCUT2D eigenvalue weighted by Gasteiger charge is 2.17. The summed E-state index contributed by atoms with van der Waals surface area (Å²) in [7, 11) is -3.58. The van der Waals surface area contributed by atoms with E-state index in [-0.39, 0.29) is 12.3 Å². The average Bonchev–Trinajstić information content (AvgIpc) is 3.31. The van der Waals surface area contributed by atoms with Gasteiger partial charge in [0.2, 0.25) is 10.0 Å². The molecule has 0 aliphatic rings. The number of aromatic nitrogens is 2. The first-order chi connectivity index (χ1) is 12.6. The van der Waals surface area contributed by atoms with Gasteiger partial charge in [0.25, 0.3) is 0 Å². The van der Waals surface area contributed by atoms with Crippen LogP contribution in [0.3, 0.4) is 0 Å². The van der Waals surface area contributed by atoms with Gasteiger partial charge in [0.15, 0.2) is 11.3 Å². The van der Waals surface area contributed by atoms with Gasteiger partial charge in [-0.2, -0.15) is 0 Å². The van der Waals surface area contributed by atoms with Crippen molar-refractivity contribution in [3.63, 3.8) is 0 Å². The summed E-state index contributed by atoms with van der Waals surface area (Å²) in [6, 6.07) is 14.3. The normalized spacial score (nSPS) is 11.8. The van der Waals surface area contributed by atoms with Gasteiger partial charge in [0.1, 0.15) is 17.1 Å². The topological polar surface area (TPSA) is 98.2 Å². The first kappa shape index (κ1) is 16.5. The maximum Gasteiger partial charge on any atom is 0.217 e. The summed E-state index contributed by atoms with van der Waals surface area (Å²) in [5, 5.41) is 4.56. The van der Waals surface area contributed by atoms with Gasteiger partial charge in [-0.15, -0.1) is 0 Å². The second-order valence-electron chi connectivity index (χ2n) is 5.73. The number of hydrogen-bond acceptors (Lipinski definition) is 6. The zero-order valence-electron chi connectivity index (χ0n) is 13.6. The van der Waals surface area contributed by atoms with E-state index in [1.54, 1.807) is 48.9 Å². The molecule has 7 nitrogen and oxygen atoms in total. The Bertz CT molecular complexity index is 1130. The molecule has 26 heavy (non-hydrogen) atoms. The van der Waals surface area contributed by atoms with Crippen molar-refractivity contribution in [3.05, 3.63) is 72.2 Å². The number of pyridine rings is 1. The van der Waals surface area contributed by atoms with E-state index in [4.69, 9.17) is 8.94 Å². The molecular formula is C18H15N3O4S. The molecule has 0 aliphatic heterocycles. The molecule has 0 saturated carbocycles. The number of sulfonamides is 1. The van der Waals surface area contributed by atoms with Crippen LogP contribution < -0.4 is 4.72 Å². The van der Waals surface area contributed by atoms with Crippen molar-refractivity contribution in [2.75, 3.05) is 0 Å². The molecule has 132 valence electrons. The minimum absolute atomic E-state index is 0.147. The molecule has 4 rings (SSSR count). The lowest BCUT2D eigenvalue weighted by molar-refractivity contribution is 0.448. The summed E-state index contributed by atoms with van der Waals surface area (Å²) in [5.41, 5.74) is 2.38. The number of para-hydroxylation sites is 1. The van der Waals surface area contributed by atoms with Crippen molar-refractivity contribution >= 4 is 21.0 Å². The molecule has 0 saturated heterocycles. The average molecular weight is 369 g/mol. The molecule has 0 spiro atoms. The van der Waals surface area contributed by atoms with Crippen molar-refractivity contribution in [2.24, 2.45) is 0 Å². The number of benzene rings is 1. The largest absolute Gasteiger partial charge is 0.463 e. The molecule has 4 aromatic rings. The zero-order valence-corrected chi connectivity index (χ0v) is 14.4. The number of nitrogens with zero attached hydrogens (tertiary/aromatic N) is 2. The zero-order chi connectivity index (χ0) is 18.0. The molecule has 0 amide bonds. The van der Waals surface area contributed by atoms with Gasteiger partial charge < -0.3 is 8.94 Å². The summed E-state index contributed by atoms with van der Waals surface area (Å²) >= 11 is 0. The van der Waals surface area contributed by atoms with E-state index in [2.05, 4.69) is 14.9 Å². The first-order valence-electron chi connectivity index (χ1n) is 7.90. The smallest absolute Gasteiger partial charge is 0.217 e. The van der Waals surface area contributed by atoms with Crippen LogP contribution in [0.1, 0.15) is 11.3 Å². The van der Waals surface area contributed by atoms with Crippen molar-refractivity contribution in [3.8, 4) is 11.5 Å². The summed E-state index contributed by atoms with van der Waals surface area (Å²) in [6.45, 7) is 0.147. The van der Waals surface area contributed by atoms with Gasteiger partial charge >= 0.3 is 0 Å². The van der Waals surface area contributed by atoms with E-state index in [0.717, 1.165) is 5.56 Å². The lowest BCUT2D eigenvalue weighted by Crippen LogP contribution is -2.25. The quantitative estimate of drug-likeness (QED) is 0.561. The molecular weight excluding hydrogens is 354 g/mol. The monoisotopic (exact) mass is 369 g/mol. The third-order valence-electron chi connectivity index (χ3n) is 3.87. The molecule has 1 aromatic carbocycles. The van der Waals surface area contributed by atoms with Crippen LogP contribution in [-0.4, -0.2) is 18.6 Å². The second kappa shape index (κ2) is 6.74. The lowest BCUT2D eigenvalue weighted by Gasteiger charge is -2.06. The Hall–Kier alpha value is -2.97. The van der Waals surface area contributed by atoms with Gasteiger partial charge in [-0.25, -0.2) is 13.1 Å².